The zero-order chi connectivity index (χ0) is 26.0. The van der Waals surface area contributed by atoms with Gasteiger partial charge in [-0.1, -0.05) is 35.9 Å². The number of rotatable bonds is 5. The highest BCUT2D eigenvalue weighted by molar-refractivity contribution is 7.09. The lowest BCUT2D eigenvalue weighted by Crippen LogP contribution is -2.51. The van der Waals surface area contributed by atoms with Crippen LogP contribution in [0.3, 0.4) is 0 Å². The number of hydrogen-bond donors (Lipinski definition) is 0. The molecule has 2 aliphatic heterocycles. The second kappa shape index (κ2) is 10.7. The molecule has 0 spiro atoms. The van der Waals surface area contributed by atoms with E-state index >= 15 is 0 Å². The first-order chi connectivity index (χ1) is 17.8. The van der Waals surface area contributed by atoms with Gasteiger partial charge in [0.1, 0.15) is 5.82 Å². The van der Waals surface area contributed by atoms with E-state index in [1.807, 2.05) is 9.80 Å². The van der Waals surface area contributed by atoms with Crippen LogP contribution in [0.15, 0.2) is 48.5 Å². The number of piperazine rings is 1. The minimum atomic E-state index is -4.36. The van der Waals surface area contributed by atoms with Gasteiger partial charge < -0.3 is 14.7 Å². The van der Waals surface area contributed by atoms with Crippen molar-refractivity contribution in [1.82, 2.24) is 14.3 Å². The molecule has 0 radical (unpaired) electrons. The first-order valence-electron chi connectivity index (χ1n) is 12.6. The van der Waals surface area contributed by atoms with Gasteiger partial charge in [0.15, 0.2) is 0 Å². The van der Waals surface area contributed by atoms with Crippen LogP contribution in [0.25, 0.3) is 0 Å². The fourth-order valence-corrected chi connectivity index (χ4v) is 5.71. The molecule has 5 rings (SSSR count). The molecule has 0 saturated carbocycles. The summed E-state index contributed by atoms with van der Waals surface area (Å²) < 4.78 is 43.7. The van der Waals surface area contributed by atoms with Crippen LogP contribution in [0.2, 0.25) is 0 Å². The summed E-state index contributed by atoms with van der Waals surface area (Å²) >= 11 is 1.41. The van der Waals surface area contributed by atoms with Gasteiger partial charge in [0.25, 0.3) is 0 Å². The molecular formula is C27H30F3N5OS. The van der Waals surface area contributed by atoms with E-state index in [1.54, 1.807) is 6.07 Å². The predicted molar refractivity (Wildman–Crippen MR) is 139 cm³/mol. The lowest BCUT2D eigenvalue weighted by atomic mass is 9.95. The average molecular weight is 530 g/mol. The van der Waals surface area contributed by atoms with Crippen LogP contribution < -0.4 is 9.80 Å². The molecule has 2 saturated heterocycles. The summed E-state index contributed by atoms with van der Waals surface area (Å²) in [5.74, 6) is 0.942. The SMILES string of the molecule is Cc1ccc(Cc2nsc(N3CCC(C(=O)N4CCN(c5cccc(C(F)(F)F)c5)CC4)CC3)n2)cc1. The van der Waals surface area contributed by atoms with E-state index < -0.39 is 11.7 Å². The van der Waals surface area contributed by atoms with Gasteiger partial charge in [-0.3, -0.25) is 4.79 Å². The molecule has 0 atom stereocenters. The molecule has 37 heavy (non-hydrogen) atoms. The summed E-state index contributed by atoms with van der Waals surface area (Å²) in [6, 6.07) is 13.8. The van der Waals surface area contributed by atoms with Gasteiger partial charge in [0, 0.05) is 68.8 Å². The van der Waals surface area contributed by atoms with E-state index in [9.17, 15) is 18.0 Å². The van der Waals surface area contributed by atoms with Crippen LogP contribution in [0.4, 0.5) is 24.0 Å². The van der Waals surface area contributed by atoms with Crippen molar-refractivity contribution in [3.63, 3.8) is 0 Å². The van der Waals surface area contributed by atoms with Gasteiger partial charge >= 0.3 is 6.18 Å². The number of piperidine rings is 1. The fourth-order valence-electron chi connectivity index (χ4n) is 4.97. The molecule has 0 bridgehead atoms. The molecule has 1 aromatic heterocycles. The van der Waals surface area contributed by atoms with Gasteiger partial charge in [-0.05, 0) is 43.5 Å². The molecule has 0 unspecified atom stereocenters. The van der Waals surface area contributed by atoms with Crippen molar-refractivity contribution in [2.45, 2.75) is 32.4 Å². The summed E-state index contributed by atoms with van der Waals surface area (Å²) in [6.07, 6.45) is -2.13. The van der Waals surface area contributed by atoms with E-state index in [1.165, 1.54) is 34.8 Å². The summed E-state index contributed by atoms with van der Waals surface area (Å²) in [7, 11) is 0. The Morgan fingerprint density at radius 2 is 1.68 bits per heavy atom. The summed E-state index contributed by atoms with van der Waals surface area (Å²) in [5, 5.41) is 0.905. The molecule has 0 aliphatic carbocycles. The first-order valence-corrected chi connectivity index (χ1v) is 13.4. The minimum Gasteiger partial charge on any atom is -0.368 e. The zero-order valence-corrected chi connectivity index (χ0v) is 21.6. The highest BCUT2D eigenvalue weighted by atomic mass is 32.1. The zero-order valence-electron chi connectivity index (χ0n) is 20.7. The molecule has 2 aliphatic rings. The Kier molecular flexibility index (Phi) is 7.37. The van der Waals surface area contributed by atoms with Crippen molar-refractivity contribution < 1.29 is 18.0 Å². The van der Waals surface area contributed by atoms with E-state index in [0.29, 0.717) is 38.3 Å². The summed E-state index contributed by atoms with van der Waals surface area (Å²) in [5.41, 5.74) is 2.32. The van der Waals surface area contributed by atoms with Crippen LogP contribution in [-0.2, 0) is 17.4 Å². The molecule has 3 aromatic rings. The number of halogens is 3. The van der Waals surface area contributed by atoms with Crippen molar-refractivity contribution in [1.29, 1.82) is 0 Å². The van der Waals surface area contributed by atoms with E-state index in [0.717, 1.165) is 43.0 Å². The van der Waals surface area contributed by atoms with Crippen molar-refractivity contribution in [3.05, 3.63) is 71.0 Å². The summed E-state index contributed by atoms with van der Waals surface area (Å²) in [4.78, 5) is 23.9. The monoisotopic (exact) mass is 529 g/mol. The molecule has 196 valence electrons. The molecule has 3 heterocycles. The highest BCUT2D eigenvalue weighted by Gasteiger charge is 2.33. The lowest BCUT2D eigenvalue weighted by Gasteiger charge is -2.39. The number of alkyl halides is 3. The van der Waals surface area contributed by atoms with Gasteiger partial charge in [0.05, 0.1) is 5.56 Å². The van der Waals surface area contributed by atoms with Gasteiger partial charge in [0.2, 0.25) is 11.0 Å². The number of nitrogens with zero attached hydrogens (tertiary/aromatic N) is 5. The van der Waals surface area contributed by atoms with Crippen LogP contribution in [0, 0.1) is 12.8 Å². The third kappa shape index (κ3) is 6.06. The maximum absolute atomic E-state index is 13.2. The lowest BCUT2D eigenvalue weighted by molar-refractivity contribution is -0.137. The van der Waals surface area contributed by atoms with Crippen molar-refractivity contribution in [3.8, 4) is 0 Å². The Hall–Kier alpha value is -3.14. The Balaban J connectivity index is 1.10. The number of aryl methyl sites for hydroxylation is 1. The van der Waals surface area contributed by atoms with Crippen molar-refractivity contribution in [2.24, 2.45) is 5.92 Å². The second-order valence-corrected chi connectivity index (χ2v) is 10.5. The molecule has 10 heteroatoms. The maximum atomic E-state index is 13.2. The van der Waals surface area contributed by atoms with Crippen LogP contribution >= 0.6 is 11.5 Å². The number of carbonyl (C=O) groups excluding carboxylic acids is 1. The smallest absolute Gasteiger partial charge is 0.368 e. The normalized spacial score (nSPS) is 17.4. The highest BCUT2D eigenvalue weighted by Crippen LogP contribution is 2.32. The molecular weight excluding hydrogens is 499 g/mol. The number of amides is 1. The number of anilines is 2. The number of benzene rings is 2. The van der Waals surface area contributed by atoms with Crippen molar-refractivity contribution in [2.75, 3.05) is 49.1 Å². The second-order valence-electron chi connectivity index (χ2n) is 9.78. The molecule has 1 amide bonds. The first kappa shape index (κ1) is 25.5. The standard InChI is InChI=1S/C27H30F3N5OS/c1-19-5-7-20(8-6-19)17-24-31-26(37-32-24)35-11-9-21(10-12-35)25(36)34-15-13-33(14-16-34)23-4-2-3-22(18-23)27(28,29)30/h2-8,18,21H,9-17H2,1H3. The largest absolute Gasteiger partial charge is 0.416 e. The van der Waals surface area contributed by atoms with Gasteiger partial charge in [-0.2, -0.15) is 17.5 Å². The molecule has 2 aromatic carbocycles. The Morgan fingerprint density at radius 3 is 2.35 bits per heavy atom. The number of hydrogen-bond acceptors (Lipinski definition) is 6. The molecule has 0 N–H and O–H groups in total. The minimum absolute atomic E-state index is 0.0312. The Labute approximate surface area is 218 Å². The molecule has 2 fully saturated rings. The topological polar surface area (TPSA) is 52.6 Å². The van der Waals surface area contributed by atoms with E-state index in [-0.39, 0.29) is 11.8 Å². The quantitative estimate of drug-likeness (QED) is 0.465. The third-order valence-electron chi connectivity index (χ3n) is 7.18. The predicted octanol–water partition coefficient (Wildman–Crippen LogP) is 5.02. The van der Waals surface area contributed by atoms with Crippen molar-refractivity contribution >= 4 is 28.3 Å². The van der Waals surface area contributed by atoms with Crippen LogP contribution in [0.1, 0.15) is 35.4 Å². The molecule has 6 nitrogen and oxygen atoms in total. The van der Waals surface area contributed by atoms with Gasteiger partial charge in [-0.15, -0.1) is 0 Å². The third-order valence-corrected chi connectivity index (χ3v) is 8.00. The Bertz CT molecular complexity index is 1210. The van der Waals surface area contributed by atoms with Crippen LogP contribution in [0.5, 0.6) is 0 Å². The van der Waals surface area contributed by atoms with Crippen LogP contribution in [-0.4, -0.2) is 59.4 Å². The van der Waals surface area contributed by atoms with E-state index in [4.69, 9.17) is 4.98 Å². The summed E-state index contributed by atoms with van der Waals surface area (Å²) in [6.45, 7) is 5.70. The number of aromatic nitrogens is 2. The maximum Gasteiger partial charge on any atom is 0.416 e. The number of carbonyl (C=O) groups is 1. The average Bonchev–Trinajstić information content (AvgIpc) is 3.38. The Morgan fingerprint density at radius 1 is 0.973 bits per heavy atom. The fraction of sp³-hybridized carbons (Fsp3) is 0.444. The van der Waals surface area contributed by atoms with E-state index in [2.05, 4.69) is 40.5 Å². The van der Waals surface area contributed by atoms with Gasteiger partial charge in [-0.25, -0.2) is 4.98 Å².